The lowest BCUT2D eigenvalue weighted by atomic mass is 9.81. The summed E-state index contributed by atoms with van der Waals surface area (Å²) in [6, 6.07) is 70.0. The first kappa shape index (κ1) is 32.3. The third-order valence-corrected chi connectivity index (χ3v) is 11.8. The predicted molar refractivity (Wildman–Crippen MR) is 236 cm³/mol. The van der Waals surface area contributed by atoms with Crippen molar-refractivity contribution in [3.8, 4) is 11.1 Å². The van der Waals surface area contributed by atoms with Gasteiger partial charge in [0.25, 0.3) is 0 Å². The highest BCUT2D eigenvalue weighted by molar-refractivity contribution is 6.17. The maximum atomic E-state index is 6.76. The highest BCUT2D eigenvalue weighted by atomic mass is 16.3. The Balaban J connectivity index is 1.19. The predicted octanol–water partition coefficient (Wildman–Crippen LogP) is 15.1. The molecule has 0 atom stereocenters. The van der Waals surface area contributed by atoms with Gasteiger partial charge in [-0.25, -0.2) is 0 Å². The number of rotatable bonds is 6. The van der Waals surface area contributed by atoms with Crippen LogP contribution in [0.2, 0.25) is 0 Å². The van der Waals surface area contributed by atoms with E-state index < -0.39 is 0 Å². The quantitative estimate of drug-likeness (QED) is 0.160. The van der Waals surface area contributed by atoms with Crippen LogP contribution in [-0.2, 0) is 5.41 Å². The summed E-state index contributed by atoms with van der Waals surface area (Å²) in [5.41, 5.74) is 13.4. The van der Waals surface area contributed by atoms with Gasteiger partial charge in [0.05, 0.1) is 22.4 Å². The minimum atomic E-state index is -0.0856. The first-order chi connectivity index (χ1) is 27.5. The first-order valence-electron chi connectivity index (χ1n) is 19.4. The van der Waals surface area contributed by atoms with Crippen molar-refractivity contribution in [2.24, 2.45) is 0 Å². The van der Waals surface area contributed by atoms with Crippen LogP contribution in [-0.4, -0.2) is 0 Å². The molecule has 3 nitrogen and oxygen atoms in total. The molecule has 0 bridgehead atoms. The van der Waals surface area contributed by atoms with E-state index in [1.54, 1.807) is 0 Å². The first-order valence-corrected chi connectivity index (χ1v) is 19.4. The van der Waals surface area contributed by atoms with Crippen LogP contribution in [0.5, 0.6) is 0 Å². The molecule has 0 N–H and O–H groups in total. The number of furan rings is 1. The number of fused-ring (bicyclic) bond motifs is 9. The monoisotopic (exact) mass is 718 g/mol. The van der Waals surface area contributed by atoms with Crippen LogP contribution in [0.3, 0.4) is 0 Å². The molecule has 9 aromatic carbocycles. The maximum Gasteiger partial charge on any atom is 0.139 e. The summed E-state index contributed by atoms with van der Waals surface area (Å²) < 4.78 is 6.76. The minimum absolute atomic E-state index is 0.0856. The Bertz CT molecular complexity index is 3070. The van der Waals surface area contributed by atoms with Crippen molar-refractivity contribution in [3.63, 3.8) is 0 Å². The van der Waals surface area contributed by atoms with Crippen molar-refractivity contribution in [2.75, 3.05) is 9.80 Å². The van der Waals surface area contributed by atoms with Crippen molar-refractivity contribution >= 4 is 77.6 Å². The molecule has 1 aliphatic carbocycles. The molecule has 0 radical (unpaired) electrons. The molecule has 11 rings (SSSR count). The van der Waals surface area contributed by atoms with Crippen molar-refractivity contribution in [2.45, 2.75) is 19.3 Å². The van der Waals surface area contributed by atoms with Crippen LogP contribution >= 0.6 is 0 Å². The third-order valence-electron chi connectivity index (χ3n) is 11.8. The topological polar surface area (TPSA) is 19.6 Å². The third kappa shape index (κ3) is 4.91. The van der Waals surface area contributed by atoms with Gasteiger partial charge in [0.2, 0.25) is 0 Å². The smallest absolute Gasteiger partial charge is 0.139 e. The number of anilines is 6. The number of benzene rings is 9. The van der Waals surface area contributed by atoms with E-state index in [-0.39, 0.29) is 5.41 Å². The van der Waals surface area contributed by atoms with Crippen LogP contribution in [0.1, 0.15) is 25.0 Å². The average Bonchev–Trinajstić information content (AvgIpc) is 3.73. The van der Waals surface area contributed by atoms with Crippen molar-refractivity contribution in [3.05, 3.63) is 205 Å². The fourth-order valence-electron chi connectivity index (χ4n) is 9.18. The molecule has 10 aromatic rings. The lowest BCUT2D eigenvalue weighted by Crippen LogP contribution is -2.14. The van der Waals surface area contributed by atoms with Gasteiger partial charge < -0.3 is 14.2 Å². The van der Waals surface area contributed by atoms with Crippen LogP contribution in [0.15, 0.2) is 199 Å². The van der Waals surface area contributed by atoms with Gasteiger partial charge in [-0.3, -0.25) is 0 Å². The molecule has 266 valence electrons. The van der Waals surface area contributed by atoms with Gasteiger partial charge in [-0.1, -0.05) is 135 Å². The van der Waals surface area contributed by atoms with Gasteiger partial charge in [-0.15, -0.1) is 0 Å². The van der Waals surface area contributed by atoms with Gasteiger partial charge in [0.15, 0.2) is 0 Å². The highest BCUT2D eigenvalue weighted by Crippen LogP contribution is 2.52. The van der Waals surface area contributed by atoms with Gasteiger partial charge in [0, 0.05) is 39.3 Å². The van der Waals surface area contributed by atoms with E-state index in [4.69, 9.17) is 4.42 Å². The second kappa shape index (κ2) is 12.5. The summed E-state index contributed by atoms with van der Waals surface area (Å²) in [6.45, 7) is 4.72. The van der Waals surface area contributed by atoms with Crippen LogP contribution in [0, 0.1) is 0 Å². The molecule has 0 saturated heterocycles. The van der Waals surface area contributed by atoms with Gasteiger partial charge in [-0.2, -0.15) is 0 Å². The molecule has 3 heteroatoms. The standard InChI is InChI=1S/C53H38N2O/c1-53(2)46-26-14-12-23-41(46)45-31-35-29-30-42-40(44(35)34-47(45)53)25-16-27-48(42)55(38-21-10-5-11-22-38)39-32-49(52-43-24-13-15-28-50(43)56-51(52)33-39)54(36-17-6-3-7-18-36)37-19-8-4-9-20-37/h3-34H,1-2H3. The second-order valence-corrected chi connectivity index (χ2v) is 15.3. The molecule has 0 spiro atoms. The Labute approximate surface area is 326 Å². The summed E-state index contributed by atoms with van der Waals surface area (Å²) in [7, 11) is 0. The molecule has 0 unspecified atom stereocenters. The molecule has 0 fully saturated rings. The highest BCUT2D eigenvalue weighted by Gasteiger charge is 2.35. The van der Waals surface area contributed by atoms with E-state index in [1.807, 2.05) is 6.07 Å². The summed E-state index contributed by atoms with van der Waals surface area (Å²) in [4.78, 5) is 4.75. The molecule has 0 amide bonds. The van der Waals surface area contributed by atoms with E-state index >= 15 is 0 Å². The molecule has 0 saturated carbocycles. The van der Waals surface area contributed by atoms with Crippen LogP contribution < -0.4 is 9.80 Å². The van der Waals surface area contributed by atoms with Crippen molar-refractivity contribution < 1.29 is 4.42 Å². The van der Waals surface area contributed by atoms with Gasteiger partial charge in [-0.05, 0) is 105 Å². The zero-order chi connectivity index (χ0) is 37.4. The lowest BCUT2D eigenvalue weighted by molar-refractivity contribution is 0.661. The van der Waals surface area contributed by atoms with Crippen LogP contribution in [0.4, 0.5) is 34.1 Å². The Morgan fingerprint density at radius 1 is 0.375 bits per heavy atom. The van der Waals surface area contributed by atoms with E-state index in [0.29, 0.717) is 0 Å². The number of hydrogen-bond acceptors (Lipinski definition) is 3. The molecule has 0 aliphatic heterocycles. The SMILES string of the molecule is CC1(C)c2ccccc2-c2cc3ccc4c(N(c5ccccc5)c5cc(N(c6ccccc6)c6ccccc6)c6c(c5)oc5ccccc56)cccc4c3cc21. The van der Waals surface area contributed by atoms with E-state index in [0.717, 1.165) is 56.1 Å². The molecule has 56 heavy (non-hydrogen) atoms. The fraction of sp³-hybridized carbons (Fsp3) is 0.0566. The number of hydrogen-bond donors (Lipinski definition) is 0. The largest absolute Gasteiger partial charge is 0.456 e. The zero-order valence-electron chi connectivity index (χ0n) is 31.3. The minimum Gasteiger partial charge on any atom is -0.456 e. The second-order valence-electron chi connectivity index (χ2n) is 15.3. The summed E-state index contributed by atoms with van der Waals surface area (Å²) in [5.74, 6) is 0. The maximum absolute atomic E-state index is 6.76. The Morgan fingerprint density at radius 3 is 1.70 bits per heavy atom. The normalized spacial score (nSPS) is 13.0. The van der Waals surface area contributed by atoms with Crippen LogP contribution in [0.25, 0.3) is 54.6 Å². The Hall–Kier alpha value is -7.10. The number of nitrogens with zero attached hydrogens (tertiary/aromatic N) is 2. The molecule has 1 aliphatic rings. The van der Waals surface area contributed by atoms with E-state index in [9.17, 15) is 0 Å². The summed E-state index contributed by atoms with van der Waals surface area (Å²) >= 11 is 0. The van der Waals surface area contributed by atoms with E-state index in [1.165, 1.54) is 43.8 Å². The average molecular weight is 719 g/mol. The Morgan fingerprint density at radius 2 is 0.982 bits per heavy atom. The lowest BCUT2D eigenvalue weighted by Gasteiger charge is -2.30. The van der Waals surface area contributed by atoms with E-state index in [2.05, 4.69) is 212 Å². The summed E-state index contributed by atoms with van der Waals surface area (Å²) in [6.07, 6.45) is 0. The molecule has 1 heterocycles. The Kier molecular flexibility index (Phi) is 7.20. The van der Waals surface area contributed by atoms with Gasteiger partial charge >= 0.3 is 0 Å². The fourth-order valence-corrected chi connectivity index (χ4v) is 9.18. The number of para-hydroxylation sites is 4. The van der Waals surface area contributed by atoms with Crippen molar-refractivity contribution in [1.29, 1.82) is 0 Å². The van der Waals surface area contributed by atoms with Crippen molar-refractivity contribution in [1.82, 2.24) is 0 Å². The molecular formula is C53H38N2O. The molecule has 1 aromatic heterocycles. The van der Waals surface area contributed by atoms with Gasteiger partial charge in [0.1, 0.15) is 11.2 Å². The molecular weight excluding hydrogens is 681 g/mol. The summed E-state index contributed by atoms with van der Waals surface area (Å²) in [5, 5.41) is 7.10. The zero-order valence-corrected chi connectivity index (χ0v) is 31.3.